The van der Waals surface area contributed by atoms with Crippen molar-refractivity contribution in [2.45, 2.75) is 74.6 Å². The molecule has 0 aliphatic carbocycles. The van der Waals surface area contributed by atoms with Gasteiger partial charge in [0.05, 0.1) is 25.9 Å². The van der Waals surface area contributed by atoms with E-state index in [9.17, 15) is 14.4 Å². The summed E-state index contributed by atoms with van der Waals surface area (Å²) in [5.74, 6) is 0.288. The number of amides is 3. The molecule has 4 atom stereocenters. The number of carbonyl (C=O) groups excluding carboxylic acids is 3. The molecule has 6 aromatic rings. The van der Waals surface area contributed by atoms with Crippen LogP contribution in [0.25, 0.3) is 11.5 Å². The van der Waals surface area contributed by atoms with Gasteiger partial charge in [-0.2, -0.15) is 0 Å². The number of anilines is 1. The van der Waals surface area contributed by atoms with E-state index < -0.39 is 53.9 Å². The molecule has 3 aromatic heterocycles. The Bertz CT molecular complexity index is 2300. The monoisotopic (exact) mass is 844 g/mol. The summed E-state index contributed by atoms with van der Waals surface area (Å²) in [7, 11) is 1.27. The maximum Gasteiger partial charge on any atom is 0.411 e. The Morgan fingerprint density at radius 2 is 1.61 bits per heavy atom. The quantitative estimate of drug-likeness (QED) is 0.0904. The number of rotatable bonds is 14. The number of hydrogen-bond acceptors (Lipinski definition) is 12. The molecule has 3 N–H and O–H groups in total. The van der Waals surface area contributed by atoms with Crippen LogP contribution in [0.5, 0.6) is 0 Å². The average molecular weight is 845 g/mol. The number of nitrogens with one attached hydrogen (secondary N) is 3. The second-order valence-corrected chi connectivity index (χ2v) is 16.3. The van der Waals surface area contributed by atoms with Gasteiger partial charge in [0.15, 0.2) is 0 Å². The highest BCUT2D eigenvalue weighted by atomic mass is 32.2. The first kappa shape index (κ1) is 42.6. The van der Waals surface area contributed by atoms with Crippen molar-refractivity contribution in [3.63, 3.8) is 0 Å². The van der Waals surface area contributed by atoms with E-state index in [1.807, 2.05) is 106 Å². The zero-order chi connectivity index (χ0) is 42.8. The van der Waals surface area contributed by atoms with Gasteiger partial charge in [0.25, 0.3) is 5.22 Å². The van der Waals surface area contributed by atoms with E-state index in [0.29, 0.717) is 41.2 Å². The molecule has 0 radical (unpaired) electrons. The standard InChI is InChI=1S/C45H48N8O7S/c1-45(2,3)60-44(56)53-27-33(58-35(38(53)39-47-25-26-48-39)28-61-43-52-51-41(59-43)32-21-23-46-24-22-32)20-19-29-13-11-12-18-34(29)49-40(54)37(50-42(55)57-4)36(30-14-7-5-8-15-30)31-16-9-6-10-17-31/h5-18,21-26,33,35-38H,19-20,27-28H2,1-4H3,(H,47,48)(H,49,54)(H,50,55)/t33-,35-,37+,38+/m1/s1. The van der Waals surface area contributed by atoms with Crippen LogP contribution in [0.1, 0.15) is 61.7 Å². The largest absolute Gasteiger partial charge is 0.453 e. The SMILES string of the molecule is COC(=O)N[C@H](C(=O)Nc1ccccc1CC[C@@H]1CN(C(=O)OC(C)(C)C)[C@H](c2ncc[nH]2)[C@@H](CSc2nnc(-c3ccncc3)o2)O1)C(c1ccccc1)c1ccccc1. The molecule has 316 valence electrons. The van der Waals surface area contributed by atoms with E-state index >= 15 is 0 Å². The summed E-state index contributed by atoms with van der Waals surface area (Å²) < 4.78 is 23.7. The minimum absolute atomic E-state index is 0.212. The number of aromatic nitrogens is 5. The first-order valence-corrected chi connectivity index (χ1v) is 20.9. The van der Waals surface area contributed by atoms with Crippen LogP contribution >= 0.6 is 11.8 Å². The van der Waals surface area contributed by atoms with Gasteiger partial charge in [-0.3, -0.25) is 14.7 Å². The van der Waals surface area contributed by atoms with E-state index in [-0.39, 0.29) is 6.54 Å². The molecule has 7 rings (SSSR count). The summed E-state index contributed by atoms with van der Waals surface area (Å²) in [5, 5.41) is 14.7. The number of benzene rings is 3. The van der Waals surface area contributed by atoms with Crippen LogP contribution in [0.15, 0.2) is 131 Å². The van der Waals surface area contributed by atoms with Crippen LogP contribution in [0.4, 0.5) is 15.3 Å². The van der Waals surface area contributed by atoms with Crippen molar-refractivity contribution in [1.82, 2.24) is 35.4 Å². The Balaban J connectivity index is 1.13. The number of imidazole rings is 1. The summed E-state index contributed by atoms with van der Waals surface area (Å²) in [6.45, 7) is 5.69. The van der Waals surface area contributed by atoms with Crippen LogP contribution in [-0.2, 0) is 25.4 Å². The van der Waals surface area contributed by atoms with Crippen molar-refractivity contribution in [3.8, 4) is 11.5 Å². The van der Waals surface area contributed by atoms with E-state index in [1.54, 1.807) is 41.8 Å². The maximum atomic E-state index is 14.4. The molecule has 0 bridgehead atoms. The Morgan fingerprint density at radius 3 is 2.26 bits per heavy atom. The summed E-state index contributed by atoms with van der Waals surface area (Å²) in [6, 6.07) is 28.5. The number of aromatic amines is 1. The zero-order valence-corrected chi connectivity index (χ0v) is 35.1. The van der Waals surface area contributed by atoms with Gasteiger partial charge in [-0.1, -0.05) is 90.6 Å². The van der Waals surface area contributed by atoms with Gasteiger partial charge in [-0.15, -0.1) is 10.2 Å². The molecule has 15 nitrogen and oxygen atoms in total. The van der Waals surface area contributed by atoms with Crippen LogP contribution < -0.4 is 10.6 Å². The predicted molar refractivity (Wildman–Crippen MR) is 229 cm³/mol. The van der Waals surface area contributed by atoms with Gasteiger partial charge in [0.2, 0.25) is 11.8 Å². The maximum absolute atomic E-state index is 14.4. The van der Waals surface area contributed by atoms with Crippen LogP contribution in [-0.4, -0.2) is 91.4 Å². The highest BCUT2D eigenvalue weighted by molar-refractivity contribution is 7.99. The molecule has 1 fully saturated rings. The first-order chi connectivity index (χ1) is 29.6. The Morgan fingerprint density at radius 1 is 0.918 bits per heavy atom. The molecular formula is C45H48N8O7S. The Kier molecular flexibility index (Phi) is 13.8. The van der Waals surface area contributed by atoms with Crippen molar-refractivity contribution in [2.24, 2.45) is 0 Å². The van der Waals surface area contributed by atoms with Crippen LogP contribution in [0, 0.1) is 0 Å². The van der Waals surface area contributed by atoms with E-state index in [4.69, 9.17) is 18.6 Å². The second-order valence-electron chi connectivity index (χ2n) is 15.4. The number of pyridine rings is 1. The van der Waals surface area contributed by atoms with Gasteiger partial charge in [0.1, 0.15) is 23.5 Å². The number of para-hydroxylation sites is 1. The Labute approximate surface area is 358 Å². The van der Waals surface area contributed by atoms with Gasteiger partial charge in [0, 0.05) is 47.7 Å². The lowest BCUT2D eigenvalue weighted by molar-refractivity contribution is -0.118. The lowest BCUT2D eigenvalue weighted by atomic mass is 9.84. The molecule has 1 saturated heterocycles. The minimum Gasteiger partial charge on any atom is -0.453 e. The average Bonchev–Trinajstić information content (AvgIpc) is 3.99. The van der Waals surface area contributed by atoms with Gasteiger partial charge in [-0.05, 0) is 68.5 Å². The highest BCUT2D eigenvalue weighted by Gasteiger charge is 2.43. The molecule has 3 amide bonds. The van der Waals surface area contributed by atoms with Gasteiger partial charge >= 0.3 is 12.2 Å². The van der Waals surface area contributed by atoms with Crippen molar-refractivity contribution in [2.75, 3.05) is 24.7 Å². The number of carbonyl (C=O) groups is 3. The number of aryl methyl sites for hydroxylation is 1. The lowest BCUT2D eigenvalue weighted by Gasteiger charge is -2.44. The van der Waals surface area contributed by atoms with Gasteiger partial charge < -0.3 is 34.2 Å². The number of nitrogens with zero attached hydrogens (tertiary/aromatic N) is 5. The van der Waals surface area contributed by atoms with Crippen molar-refractivity contribution in [3.05, 3.63) is 144 Å². The number of hydrogen-bond donors (Lipinski definition) is 3. The fourth-order valence-electron chi connectivity index (χ4n) is 7.26. The minimum atomic E-state index is -1.04. The summed E-state index contributed by atoms with van der Waals surface area (Å²) in [5.41, 5.74) is 3.09. The normalized spacial score (nSPS) is 17.1. The first-order valence-electron chi connectivity index (χ1n) is 19.9. The van der Waals surface area contributed by atoms with E-state index in [2.05, 4.69) is 35.8 Å². The molecular weight excluding hydrogens is 797 g/mol. The fraction of sp³-hybridized carbons (Fsp3) is 0.311. The number of H-pyrrole nitrogens is 1. The molecule has 61 heavy (non-hydrogen) atoms. The molecule has 0 spiro atoms. The summed E-state index contributed by atoms with van der Waals surface area (Å²) in [6.07, 6.45) is 5.34. The number of methoxy groups -OCH3 is 1. The van der Waals surface area contributed by atoms with Gasteiger partial charge in [-0.25, -0.2) is 14.6 Å². The second kappa shape index (κ2) is 19.7. The topological polar surface area (TPSA) is 187 Å². The molecule has 4 heterocycles. The zero-order valence-electron chi connectivity index (χ0n) is 34.3. The molecule has 1 aliphatic rings. The number of alkyl carbamates (subject to hydrolysis) is 1. The summed E-state index contributed by atoms with van der Waals surface area (Å²) >= 11 is 1.32. The lowest BCUT2D eigenvalue weighted by Crippen LogP contribution is -2.54. The third kappa shape index (κ3) is 11.0. The van der Waals surface area contributed by atoms with Crippen molar-refractivity contribution in [1.29, 1.82) is 0 Å². The van der Waals surface area contributed by atoms with Crippen LogP contribution in [0.2, 0.25) is 0 Å². The van der Waals surface area contributed by atoms with E-state index in [0.717, 1.165) is 22.3 Å². The third-order valence-corrected chi connectivity index (χ3v) is 10.9. The molecule has 16 heteroatoms. The molecule has 1 aliphatic heterocycles. The van der Waals surface area contributed by atoms with E-state index in [1.165, 1.54) is 18.9 Å². The van der Waals surface area contributed by atoms with Crippen molar-refractivity contribution < 1.29 is 33.0 Å². The van der Waals surface area contributed by atoms with Crippen LogP contribution in [0.3, 0.4) is 0 Å². The fourth-order valence-corrected chi connectivity index (χ4v) is 8.07. The number of thioether (sulfide) groups is 1. The van der Waals surface area contributed by atoms with Crippen molar-refractivity contribution >= 4 is 35.5 Å². The number of morpholine rings is 1. The Hall–Kier alpha value is -6.52. The summed E-state index contributed by atoms with van der Waals surface area (Å²) in [4.78, 5) is 54.6. The highest BCUT2D eigenvalue weighted by Crippen LogP contribution is 2.37. The molecule has 3 aromatic carbocycles. The molecule has 0 saturated carbocycles. The predicted octanol–water partition coefficient (Wildman–Crippen LogP) is 7.82. The molecule has 0 unspecified atom stereocenters. The number of ether oxygens (including phenoxy) is 3. The third-order valence-electron chi connectivity index (χ3n) is 9.99. The smallest absolute Gasteiger partial charge is 0.411 e.